The van der Waals surface area contributed by atoms with Gasteiger partial charge in [-0.25, -0.2) is 4.98 Å². The van der Waals surface area contributed by atoms with Crippen molar-refractivity contribution in [2.24, 2.45) is 0 Å². The molecule has 2 N–H and O–H groups in total. The number of rotatable bonds is 3. The smallest absolute Gasteiger partial charge is 0.228 e. The molecule has 0 radical (unpaired) electrons. The van der Waals surface area contributed by atoms with Crippen molar-refractivity contribution in [3.05, 3.63) is 12.6 Å². The topological polar surface area (TPSA) is 67.2 Å². The number of aromatic nitrogens is 1. The van der Waals surface area contributed by atoms with Crippen LogP contribution in [0.1, 0.15) is 19.3 Å². The summed E-state index contributed by atoms with van der Waals surface area (Å²) in [7, 11) is 0. The molecule has 1 aromatic heterocycles. The molecule has 1 amide bonds. The number of hydrogen-bond donors (Lipinski definition) is 2. The van der Waals surface area contributed by atoms with E-state index >= 15 is 0 Å². The van der Waals surface area contributed by atoms with E-state index in [1.165, 1.54) is 12.6 Å². The van der Waals surface area contributed by atoms with Crippen LogP contribution in [0.3, 0.4) is 0 Å². The van der Waals surface area contributed by atoms with Crippen molar-refractivity contribution in [3.8, 4) is 0 Å². The van der Waals surface area contributed by atoms with Crippen LogP contribution in [0.15, 0.2) is 17.0 Å². The Morgan fingerprint density at radius 3 is 3.36 bits per heavy atom. The van der Waals surface area contributed by atoms with Crippen molar-refractivity contribution >= 4 is 11.8 Å². The van der Waals surface area contributed by atoms with E-state index < -0.39 is 0 Å². The standard InChI is InChI=1S/C9H13N3O2/c13-8(4-7-2-1-3-11-7)12-9-5-10-6-14-9/h5-7,11H,1-4H2,(H,12,13). The van der Waals surface area contributed by atoms with Gasteiger partial charge in [-0.1, -0.05) is 0 Å². The van der Waals surface area contributed by atoms with Crippen molar-refractivity contribution in [1.82, 2.24) is 10.3 Å². The van der Waals surface area contributed by atoms with Crippen molar-refractivity contribution in [1.29, 1.82) is 0 Å². The molecule has 1 aliphatic rings. The summed E-state index contributed by atoms with van der Waals surface area (Å²) in [4.78, 5) is 15.1. The highest BCUT2D eigenvalue weighted by atomic mass is 16.4. The second-order valence-corrected chi connectivity index (χ2v) is 3.41. The molecule has 0 saturated carbocycles. The number of hydrogen-bond acceptors (Lipinski definition) is 4. The second-order valence-electron chi connectivity index (χ2n) is 3.41. The van der Waals surface area contributed by atoms with Crippen LogP contribution in [0.5, 0.6) is 0 Å². The zero-order valence-electron chi connectivity index (χ0n) is 7.82. The maximum Gasteiger partial charge on any atom is 0.228 e. The average Bonchev–Trinajstić information content (AvgIpc) is 2.76. The first kappa shape index (κ1) is 9.21. The highest BCUT2D eigenvalue weighted by molar-refractivity contribution is 5.89. The highest BCUT2D eigenvalue weighted by Gasteiger charge is 2.17. The lowest BCUT2D eigenvalue weighted by Crippen LogP contribution is -2.27. The number of anilines is 1. The normalized spacial score (nSPS) is 21.0. The second kappa shape index (κ2) is 4.23. The molecule has 2 heterocycles. The van der Waals surface area contributed by atoms with E-state index in [1.54, 1.807) is 0 Å². The first-order valence-electron chi connectivity index (χ1n) is 4.76. The molecule has 1 aliphatic heterocycles. The third-order valence-electron chi connectivity index (χ3n) is 2.29. The van der Waals surface area contributed by atoms with E-state index in [0.29, 0.717) is 18.3 Å². The number of carbonyl (C=O) groups excluding carboxylic acids is 1. The number of oxazole rings is 1. The third kappa shape index (κ3) is 2.32. The molecule has 2 rings (SSSR count). The Bertz CT molecular complexity index is 291. The van der Waals surface area contributed by atoms with E-state index in [9.17, 15) is 4.79 Å². The van der Waals surface area contributed by atoms with Crippen LogP contribution in [0, 0.1) is 0 Å². The minimum Gasteiger partial charge on any atom is -0.428 e. The van der Waals surface area contributed by atoms with Gasteiger partial charge in [0.2, 0.25) is 11.8 Å². The van der Waals surface area contributed by atoms with Gasteiger partial charge in [0.1, 0.15) is 0 Å². The molecule has 76 valence electrons. The van der Waals surface area contributed by atoms with Crippen LogP contribution in [0.2, 0.25) is 0 Å². The summed E-state index contributed by atoms with van der Waals surface area (Å²) in [5.41, 5.74) is 0. The summed E-state index contributed by atoms with van der Waals surface area (Å²) in [6, 6.07) is 0.318. The van der Waals surface area contributed by atoms with Crippen LogP contribution in [-0.2, 0) is 4.79 Å². The number of carbonyl (C=O) groups is 1. The third-order valence-corrected chi connectivity index (χ3v) is 2.29. The maximum atomic E-state index is 11.4. The number of amides is 1. The lowest BCUT2D eigenvalue weighted by atomic mass is 10.1. The van der Waals surface area contributed by atoms with Crippen LogP contribution in [0.25, 0.3) is 0 Å². The SMILES string of the molecule is O=C(CC1CCCN1)Nc1cnco1. The van der Waals surface area contributed by atoms with Gasteiger partial charge in [0.25, 0.3) is 0 Å². The summed E-state index contributed by atoms with van der Waals surface area (Å²) in [6.07, 6.45) is 5.51. The van der Waals surface area contributed by atoms with Crippen molar-refractivity contribution < 1.29 is 9.21 Å². The zero-order valence-corrected chi connectivity index (χ0v) is 7.82. The van der Waals surface area contributed by atoms with E-state index in [4.69, 9.17) is 4.42 Å². The summed E-state index contributed by atoms with van der Waals surface area (Å²) < 4.78 is 4.91. The maximum absolute atomic E-state index is 11.4. The van der Waals surface area contributed by atoms with Crippen LogP contribution >= 0.6 is 0 Å². The Labute approximate surface area is 81.9 Å². The Kier molecular flexibility index (Phi) is 2.78. The fourth-order valence-electron chi connectivity index (χ4n) is 1.62. The molecule has 0 aliphatic carbocycles. The van der Waals surface area contributed by atoms with Gasteiger partial charge in [-0.05, 0) is 19.4 Å². The van der Waals surface area contributed by atoms with Crippen molar-refractivity contribution in [2.75, 3.05) is 11.9 Å². The molecule has 1 fully saturated rings. The van der Waals surface area contributed by atoms with Gasteiger partial charge in [-0.15, -0.1) is 0 Å². The Balaban J connectivity index is 1.78. The first-order chi connectivity index (χ1) is 6.84. The Morgan fingerprint density at radius 2 is 2.71 bits per heavy atom. The lowest BCUT2D eigenvalue weighted by molar-refractivity contribution is -0.116. The largest absolute Gasteiger partial charge is 0.428 e. The molecule has 1 unspecified atom stereocenters. The minimum absolute atomic E-state index is 0.0267. The molecule has 5 heteroatoms. The van der Waals surface area contributed by atoms with Gasteiger partial charge in [-0.3, -0.25) is 10.1 Å². The predicted molar refractivity (Wildman–Crippen MR) is 50.8 cm³/mol. The average molecular weight is 195 g/mol. The van der Waals surface area contributed by atoms with Gasteiger partial charge >= 0.3 is 0 Å². The summed E-state index contributed by atoms with van der Waals surface area (Å²) in [5, 5.41) is 5.90. The summed E-state index contributed by atoms with van der Waals surface area (Å²) >= 11 is 0. The Hall–Kier alpha value is -1.36. The fraction of sp³-hybridized carbons (Fsp3) is 0.556. The van der Waals surface area contributed by atoms with E-state index in [1.807, 2.05) is 0 Å². The van der Waals surface area contributed by atoms with Gasteiger partial charge in [0.05, 0.1) is 6.20 Å². The first-order valence-corrected chi connectivity index (χ1v) is 4.76. The van der Waals surface area contributed by atoms with Crippen LogP contribution in [0.4, 0.5) is 5.88 Å². The predicted octanol–water partition coefficient (Wildman–Crippen LogP) is 0.755. The monoisotopic (exact) mass is 195 g/mol. The molecular formula is C9H13N3O2. The van der Waals surface area contributed by atoms with Crippen LogP contribution < -0.4 is 10.6 Å². The molecule has 0 bridgehead atoms. The van der Waals surface area contributed by atoms with E-state index in [0.717, 1.165) is 19.4 Å². The van der Waals surface area contributed by atoms with Crippen LogP contribution in [-0.4, -0.2) is 23.5 Å². The molecule has 1 atom stereocenters. The van der Waals surface area contributed by atoms with E-state index in [2.05, 4.69) is 15.6 Å². The highest BCUT2D eigenvalue weighted by Crippen LogP contribution is 2.10. The van der Waals surface area contributed by atoms with Gasteiger partial charge in [0.15, 0.2) is 6.39 Å². The Morgan fingerprint density at radius 1 is 1.79 bits per heavy atom. The minimum atomic E-state index is -0.0267. The van der Waals surface area contributed by atoms with Crippen molar-refractivity contribution in [3.63, 3.8) is 0 Å². The zero-order chi connectivity index (χ0) is 9.80. The number of nitrogens with zero attached hydrogens (tertiary/aromatic N) is 1. The molecule has 1 saturated heterocycles. The quantitative estimate of drug-likeness (QED) is 0.747. The fourth-order valence-corrected chi connectivity index (χ4v) is 1.62. The molecule has 5 nitrogen and oxygen atoms in total. The van der Waals surface area contributed by atoms with Gasteiger partial charge in [0, 0.05) is 12.5 Å². The van der Waals surface area contributed by atoms with Crippen molar-refractivity contribution in [2.45, 2.75) is 25.3 Å². The molecule has 14 heavy (non-hydrogen) atoms. The summed E-state index contributed by atoms with van der Waals surface area (Å²) in [6.45, 7) is 1.01. The molecular weight excluding hydrogens is 182 g/mol. The molecule has 1 aromatic rings. The molecule has 0 spiro atoms. The van der Waals surface area contributed by atoms with Gasteiger partial charge in [-0.2, -0.15) is 0 Å². The molecule has 0 aromatic carbocycles. The van der Waals surface area contributed by atoms with E-state index in [-0.39, 0.29) is 5.91 Å². The number of nitrogens with one attached hydrogen (secondary N) is 2. The summed E-state index contributed by atoms with van der Waals surface area (Å²) in [5.74, 6) is 0.383. The lowest BCUT2D eigenvalue weighted by Gasteiger charge is -2.08. The van der Waals surface area contributed by atoms with Gasteiger partial charge < -0.3 is 9.73 Å².